The number of aryl methyl sites for hydroxylation is 1. The second kappa shape index (κ2) is 8.26. The summed E-state index contributed by atoms with van der Waals surface area (Å²) < 4.78 is 0. The standard InChI is InChI=1S/C24H29N3/c1-5-19-11-9-14-21(17-19)27(18(3)4)24(25)26(6-2)23-16-10-13-20-12-7-8-15-22(20)23/h7-18,25H,5-6H2,1-4H3. The number of hydrogen-bond donors (Lipinski definition) is 1. The number of rotatable bonds is 5. The first-order chi connectivity index (χ1) is 13.1. The summed E-state index contributed by atoms with van der Waals surface area (Å²) in [5, 5.41) is 11.4. The van der Waals surface area contributed by atoms with E-state index in [1.807, 2.05) is 0 Å². The van der Waals surface area contributed by atoms with Gasteiger partial charge >= 0.3 is 0 Å². The van der Waals surface area contributed by atoms with Crippen LogP contribution in [0.1, 0.15) is 33.3 Å². The Morgan fingerprint density at radius 2 is 1.63 bits per heavy atom. The molecule has 1 N–H and O–H groups in total. The summed E-state index contributed by atoms with van der Waals surface area (Å²) in [7, 11) is 0. The van der Waals surface area contributed by atoms with Crippen LogP contribution in [0, 0.1) is 5.41 Å². The van der Waals surface area contributed by atoms with Gasteiger partial charge in [-0.2, -0.15) is 0 Å². The molecule has 3 nitrogen and oxygen atoms in total. The van der Waals surface area contributed by atoms with E-state index in [9.17, 15) is 0 Å². The molecule has 140 valence electrons. The van der Waals surface area contributed by atoms with Crippen molar-refractivity contribution in [2.24, 2.45) is 0 Å². The first-order valence-electron chi connectivity index (χ1n) is 9.78. The maximum absolute atomic E-state index is 9.06. The van der Waals surface area contributed by atoms with Crippen LogP contribution in [-0.2, 0) is 6.42 Å². The van der Waals surface area contributed by atoms with E-state index in [-0.39, 0.29) is 6.04 Å². The first kappa shape index (κ1) is 19.0. The van der Waals surface area contributed by atoms with Gasteiger partial charge in [0.05, 0.1) is 5.69 Å². The van der Waals surface area contributed by atoms with Gasteiger partial charge in [0.2, 0.25) is 5.96 Å². The van der Waals surface area contributed by atoms with Crippen molar-refractivity contribution in [1.82, 2.24) is 0 Å². The number of hydrogen-bond acceptors (Lipinski definition) is 1. The minimum Gasteiger partial charge on any atom is -0.312 e. The van der Waals surface area contributed by atoms with E-state index < -0.39 is 0 Å². The van der Waals surface area contributed by atoms with Gasteiger partial charge in [-0.05, 0) is 56.3 Å². The number of fused-ring (bicyclic) bond motifs is 1. The third-order valence-electron chi connectivity index (χ3n) is 4.97. The monoisotopic (exact) mass is 359 g/mol. The fourth-order valence-electron chi connectivity index (χ4n) is 3.60. The summed E-state index contributed by atoms with van der Waals surface area (Å²) in [6, 6.07) is 23.4. The van der Waals surface area contributed by atoms with E-state index in [0.717, 1.165) is 24.3 Å². The van der Waals surface area contributed by atoms with Crippen LogP contribution >= 0.6 is 0 Å². The Labute approximate surface area is 162 Å². The van der Waals surface area contributed by atoms with Crippen LogP contribution in [0.15, 0.2) is 66.7 Å². The molecule has 27 heavy (non-hydrogen) atoms. The lowest BCUT2D eigenvalue weighted by molar-refractivity contribution is 0.787. The van der Waals surface area contributed by atoms with E-state index in [4.69, 9.17) is 5.41 Å². The van der Waals surface area contributed by atoms with Crippen LogP contribution in [0.25, 0.3) is 10.8 Å². The molecule has 0 saturated carbocycles. The lowest BCUT2D eigenvalue weighted by Crippen LogP contribution is -2.47. The molecule has 3 rings (SSSR count). The highest BCUT2D eigenvalue weighted by atomic mass is 15.4. The quantitative estimate of drug-likeness (QED) is 0.442. The van der Waals surface area contributed by atoms with Gasteiger partial charge < -0.3 is 9.80 Å². The minimum absolute atomic E-state index is 0.189. The normalized spacial score (nSPS) is 11.0. The van der Waals surface area contributed by atoms with Crippen LogP contribution in [0.2, 0.25) is 0 Å². The molecular weight excluding hydrogens is 330 g/mol. The molecule has 0 fully saturated rings. The van der Waals surface area contributed by atoms with Crippen LogP contribution in [0.5, 0.6) is 0 Å². The maximum Gasteiger partial charge on any atom is 0.203 e. The Hall–Kier alpha value is -2.81. The molecule has 0 unspecified atom stereocenters. The van der Waals surface area contributed by atoms with Crippen LogP contribution in [0.3, 0.4) is 0 Å². The summed E-state index contributed by atoms with van der Waals surface area (Å²) >= 11 is 0. The van der Waals surface area contributed by atoms with Crippen molar-refractivity contribution >= 4 is 28.1 Å². The number of benzene rings is 3. The Bertz CT molecular complexity index is 924. The smallest absolute Gasteiger partial charge is 0.203 e. The summed E-state index contributed by atoms with van der Waals surface area (Å²) in [6.45, 7) is 9.30. The van der Waals surface area contributed by atoms with E-state index in [2.05, 4.69) is 104 Å². The predicted molar refractivity (Wildman–Crippen MR) is 118 cm³/mol. The molecule has 0 aliphatic rings. The molecule has 0 spiro atoms. The van der Waals surface area contributed by atoms with E-state index in [1.165, 1.54) is 16.3 Å². The summed E-state index contributed by atoms with van der Waals surface area (Å²) in [6.07, 6.45) is 0.994. The average molecular weight is 360 g/mol. The van der Waals surface area contributed by atoms with Crippen molar-refractivity contribution in [2.45, 2.75) is 40.2 Å². The van der Waals surface area contributed by atoms with Gasteiger partial charge in [0.1, 0.15) is 0 Å². The third-order valence-corrected chi connectivity index (χ3v) is 4.97. The lowest BCUT2D eigenvalue weighted by Gasteiger charge is -2.36. The van der Waals surface area contributed by atoms with Gasteiger partial charge in [0, 0.05) is 23.7 Å². The highest BCUT2D eigenvalue weighted by Crippen LogP contribution is 2.29. The predicted octanol–water partition coefficient (Wildman–Crippen LogP) is 6.08. The Balaban J connectivity index is 2.05. The number of anilines is 2. The van der Waals surface area contributed by atoms with E-state index in [1.54, 1.807) is 0 Å². The average Bonchev–Trinajstić information content (AvgIpc) is 2.69. The van der Waals surface area contributed by atoms with Crippen molar-refractivity contribution in [3.63, 3.8) is 0 Å². The fourth-order valence-corrected chi connectivity index (χ4v) is 3.60. The maximum atomic E-state index is 9.06. The zero-order valence-electron chi connectivity index (χ0n) is 16.7. The van der Waals surface area contributed by atoms with Gasteiger partial charge in [0.15, 0.2) is 0 Å². The first-order valence-corrected chi connectivity index (χ1v) is 9.78. The molecule has 0 aliphatic heterocycles. The molecule has 3 aromatic carbocycles. The zero-order valence-corrected chi connectivity index (χ0v) is 16.7. The summed E-state index contributed by atoms with van der Waals surface area (Å²) in [5.41, 5.74) is 3.45. The van der Waals surface area contributed by atoms with Crippen LogP contribution < -0.4 is 9.80 Å². The number of guanidine groups is 1. The van der Waals surface area contributed by atoms with Crippen molar-refractivity contribution in [3.05, 3.63) is 72.3 Å². The Morgan fingerprint density at radius 1 is 0.926 bits per heavy atom. The fraction of sp³-hybridized carbons (Fsp3) is 0.292. The van der Waals surface area contributed by atoms with Crippen molar-refractivity contribution in [3.8, 4) is 0 Å². The molecule has 0 saturated heterocycles. The summed E-state index contributed by atoms with van der Waals surface area (Å²) in [5.74, 6) is 0.511. The van der Waals surface area contributed by atoms with Gasteiger partial charge in [-0.15, -0.1) is 0 Å². The highest BCUT2D eigenvalue weighted by Gasteiger charge is 2.23. The lowest BCUT2D eigenvalue weighted by atomic mass is 10.1. The highest BCUT2D eigenvalue weighted by molar-refractivity contribution is 6.10. The second-order valence-corrected chi connectivity index (χ2v) is 7.05. The van der Waals surface area contributed by atoms with Crippen molar-refractivity contribution < 1.29 is 0 Å². The Kier molecular flexibility index (Phi) is 5.80. The van der Waals surface area contributed by atoms with Crippen molar-refractivity contribution in [1.29, 1.82) is 5.41 Å². The molecule has 0 heterocycles. The van der Waals surface area contributed by atoms with Gasteiger partial charge in [-0.25, -0.2) is 0 Å². The minimum atomic E-state index is 0.189. The molecule has 0 aromatic heterocycles. The Morgan fingerprint density at radius 3 is 2.33 bits per heavy atom. The number of nitrogens with one attached hydrogen (secondary N) is 1. The zero-order chi connectivity index (χ0) is 19.4. The third kappa shape index (κ3) is 3.82. The van der Waals surface area contributed by atoms with Gasteiger partial charge in [0.25, 0.3) is 0 Å². The largest absolute Gasteiger partial charge is 0.312 e. The SMILES string of the molecule is CCc1cccc(N(C(=N)N(CC)c2cccc3ccccc23)C(C)C)c1. The van der Waals surface area contributed by atoms with E-state index in [0.29, 0.717) is 5.96 Å². The van der Waals surface area contributed by atoms with E-state index >= 15 is 0 Å². The van der Waals surface area contributed by atoms with Gasteiger partial charge in [-0.3, -0.25) is 5.41 Å². The second-order valence-electron chi connectivity index (χ2n) is 7.05. The molecule has 0 aliphatic carbocycles. The summed E-state index contributed by atoms with van der Waals surface area (Å²) in [4.78, 5) is 4.21. The van der Waals surface area contributed by atoms with Crippen LogP contribution in [0.4, 0.5) is 11.4 Å². The molecule has 0 atom stereocenters. The molecule has 3 heteroatoms. The molecule has 0 amide bonds. The molecule has 0 radical (unpaired) electrons. The molecule has 3 aromatic rings. The molecular formula is C24H29N3. The van der Waals surface area contributed by atoms with Gasteiger partial charge in [-0.1, -0.05) is 55.5 Å². The topological polar surface area (TPSA) is 30.3 Å². The van der Waals surface area contributed by atoms with Crippen molar-refractivity contribution in [2.75, 3.05) is 16.3 Å². The number of nitrogens with zero attached hydrogens (tertiary/aromatic N) is 2. The molecule has 0 bridgehead atoms. The van der Waals surface area contributed by atoms with Crippen LogP contribution in [-0.4, -0.2) is 18.5 Å².